The highest BCUT2D eigenvalue weighted by Gasteiger charge is 2.57. The summed E-state index contributed by atoms with van der Waals surface area (Å²) in [6, 6.07) is -1.71. The van der Waals surface area contributed by atoms with Crippen molar-refractivity contribution >= 4 is 76.7 Å². The Labute approximate surface area is 313 Å². The molecule has 0 aromatic rings. The van der Waals surface area contributed by atoms with Gasteiger partial charge in [-0.25, -0.2) is 4.79 Å². The first-order chi connectivity index (χ1) is 23.9. The zero-order valence-electron chi connectivity index (χ0n) is 29.4. The van der Waals surface area contributed by atoms with Crippen molar-refractivity contribution in [3.8, 4) is 0 Å². The Morgan fingerprint density at radius 2 is 1.12 bits per heavy atom. The fourth-order valence-electron chi connectivity index (χ4n) is 4.86. The Morgan fingerprint density at radius 1 is 0.635 bits per heavy atom. The molecule has 0 unspecified atom stereocenters. The van der Waals surface area contributed by atoms with Gasteiger partial charge in [0.25, 0.3) is 0 Å². The topological polar surface area (TPSA) is 244 Å². The smallest absolute Gasteiger partial charge is 0.407 e. The molecule has 0 aromatic heterocycles. The maximum absolute atomic E-state index is 12.7. The third-order valence-electron chi connectivity index (χ3n) is 6.85. The number of amides is 1. The molecule has 0 aliphatic carbocycles. The fourth-order valence-corrected chi connectivity index (χ4v) is 5.02. The first kappa shape index (κ1) is 45.0. The lowest BCUT2D eigenvalue weighted by atomic mass is 9.94. The van der Waals surface area contributed by atoms with Crippen LogP contribution in [0.25, 0.3) is 0 Å². The van der Waals surface area contributed by atoms with Crippen molar-refractivity contribution in [2.45, 2.75) is 121 Å². The van der Waals surface area contributed by atoms with Crippen LogP contribution in [0.1, 0.15) is 55.4 Å². The second-order valence-electron chi connectivity index (χ2n) is 12.5. The van der Waals surface area contributed by atoms with E-state index in [0.29, 0.717) is 0 Å². The molecule has 52 heavy (non-hydrogen) atoms. The molecule has 0 saturated carbocycles. The lowest BCUT2D eigenvalue weighted by Gasteiger charge is -2.48. The number of halogens is 3. The van der Waals surface area contributed by atoms with Gasteiger partial charge in [-0.3, -0.25) is 28.8 Å². The number of hydrogen-bond acceptors (Lipinski definition) is 18. The van der Waals surface area contributed by atoms with Crippen LogP contribution in [0.4, 0.5) is 4.79 Å². The average molecular weight is 811 g/mol. The van der Waals surface area contributed by atoms with E-state index in [0.717, 1.165) is 34.6 Å². The highest BCUT2D eigenvalue weighted by atomic mass is 35.6. The minimum Gasteiger partial charge on any atom is -0.463 e. The zero-order chi connectivity index (χ0) is 39.7. The molecule has 19 nitrogen and oxygen atoms in total. The zero-order valence-corrected chi connectivity index (χ0v) is 31.7. The van der Waals surface area contributed by atoms with E-state index in [4.69, 9.17) is 82.2 Å². The maximum Gasteiger partial charge on any atom is 0.407 e. The van der Waals surface area contributed by atoms with Crippen molar-refractivity contribution in [1.82, 2.24) is 5.32 Å². The molecule has 2 N–H and O–H groups in total. The minimum atomic E-state index is -2.03. The van der Waals surface area contributed by atoms with Gasteiger partial charge < -0.3 is 57.8 Å². The summed E-state index contributed by atoms with van der Waals surface area (Å²) in [4.78, 5) is 86.5. The van der Waals surface area contributed by atoms with Crippen LogP contribution in [0.3, 0.4) is 0 Å². The number of alkyl carbamates (subject to hydrolysis) is 1. The van der Waals surface area contributed by atoms with Crippen LogP contribution < -0.4 is 5.32 Å². The maximum atomic E-state index is 12.7. The standard InChI is InChI=1S/C30H42Cl3NO18/c1-12(35)43-9-18-21(46-13(2)36)23(48-15(4)38)24(49-16(5)39)26(51-18)52-20-17(10-44-27(41)29(6,7)8)50-25(40)19(22(20)47-14(3)37)34-28(42)45-11-30(31,32)33/h17-26,40H,9-11H2,1-8H3,(H,34,42)/t17-,18-,19-,20-,21+,22-,23+,24-,25-,26+/m1/s1. The van der Waals surface area contributed by atoms with Gasteiger partial charge in [-0.2, -0.15) is 0 Å². The molecular weight excluding hydrogens is 769 g/mol. The van der Waals surface area contributed by atoms with Crippen LogP contribution in [0.15, 0.2) is 0 Å². The van der Waals surface area contributed by atoms with Crippen molar-refractivity contribution in [2.24, 2.45) is 5.41 Å². The van der Waals surface area contributed by atoms with Gasteiger partial charge in [0.1, 0.15) is 44.2 Å². The number of alkyl halides is 3. The highest BCUT2D eigenvalue weighted by molar-refractivity contribution is 6.67. The van der Waals surface area contributed by atoms with Crippen molar-refractivity contribution in [3.63, 3.8) is 0 Å². The van der Waals surface area contributed by atoms with Gasteiger partial charge in [0.2, 0.25) is 3.79 Å². The van der Waals surface area contributed by atoms with Gasteiger partial charge in [0.15, 0.2) is 37.0 Å². The van der Waals surface area contributed by atoms with Crippen LogP contribution in [0.5, 0.6) is 0 Å². The van der Waals surface area contributed by atoms with Crippen molar-refractivity contribution in [2.75, 3.05) is 19.8 Å². The van der Waals surface area contributed by atoms with E-state index in [-0.39, 0.29) is 0 Å². The second kappa shape index (κ2) is 19.2. The van der Waals surface area contributed by atoms with Crippen LogP contribution in [-0.4, -0.2) is 132 Å². The van der Waals surface area contributed by atoms with Gasteiger partial charge >= 0.3 is 41.9 Å². The number of nitrogens with one attached hydrogen (secondary N) is 1. The SMILES string of the molecule is CC(=O)OC[C@H]1O[C@@H](O[C@H]2[C@H](OC(C)=O)[C@@H](NC(=O)OCC(Cl)(Cl)Cl)[C@H](O)O[C@@H]2COC(=O)C(C)(C)C)[C@H](OC(C)=O)[C@@H](OC(C)=O)[C@H]1OC(C)=O. The molecule has 2 aliphatic heterocycles. The molecule has 1 amide bonds. The van der Waals surface area contributed by atoms with Gasteiger partial charge in [0.05, 0.1) is 5.41 Å². The van der Waals surface area contributed by atoms with Crippen LogP contribution in [0.2, 0.25) is 0 Å². The molecular formula is C30H42Cl3NO18. The number of ether oxygens (including phenoxy) is 10. The first-order valence-electron chi connectivity index (χ1n) is 15.5. The Balaban J connectivity index is 2.71. The molecule has 2 rings (SSSR count). The van der Waals surface area contributed by atoms with Crippen molar-refractivity contribution < 1.29 is 86.0 Å². The molecule has 0 radical (unpaired) electrons. The molecule has 2 fully saturated rings. The molecule has 296 valence electrons. The number of hydrogen-bond donors (Lipinski definition) is 2. The Bertz CT molecular complexity index is 1320. The molecule has 2 heterocycles. The molecule has 22 heteroatoms. The summed E-state index contributed by atoms with van der Waals surface area (Å²) in [6.45, 7) is 7.74. The molecule has 0 aromatic carbocycles. The molecule has 2 aliphatic rings. The Morgan fingerprint density at radius 3 is 1.62 bits per heavy atom. The summed E-state index contributed by atoms with van der Waals surface area (Å²) in [5.74, 6) is -5.26. The van der Waals surface area contributed by atoms with Crippen molar-refractivity contribution in [3.05, 3.63) is 0 Å². The molecule has 0 bridgehead atoms. The van der Waals surface area contributed by atoms with E-state index in [9.17, 15) is 38.7 Å². The lowest BCUT2D eigenvalue weighted by molar-refractivity contribution is -0.347. The number of rotatable bonds is 12. The van der Waals surface area contributed by atoms with E-state index in [1.165, 1.54) is 0 Å². The monoisotopic (exact) mass is 809 g/mol. The van der Waals surface area contributed by atoms with Gasteiger partial charge in [-0.15, -0.1) is 0 Å². The lowest BCUT2D eigenvalue weighted by Crippen LogP contribution is -2.69. The predicted molar refractivity (Wildman–Crippen MR) is 172 cm³/mol. The number of aliphatic hydroxyl groups is 1. The third-order valence-corrected chi connectivity index (χ3v) is 7.18. The van der Waals surface area contributed by atoms with Gasteiger partial charge in [0, 0.05) is 34.6 Å². The number of carbonyl (C=O) groups excluding carboxylic acids is 7. The normalized spacial score (nSPS) is 29.1. The number of esters is 6. The fraction of sp³-hybridized carbons (Fsp3) is 0.767. The Kier molecular flexibility index (Phi) is 16.6. The van der Waals surface area contributed by atoms with E-state index in [1.54, 1.807) is 20.8 Å². The first-order valence-corrected chi connectivity index (χ1v) is 16.7. The Hall–Kier alpha value is -3.20. The van der Waals surface area contributed by atoms with Crippen molar-refractivity contribution in [1.29, 1.82) is 0 Å². The summed E-state index contributed by atoms with van der Waals surface area (Å²) in [7, 11) is 0. The highest BCUT2D eigenvalue weighted by Crippen LogP contribution is 2.35. The predicted octanol–water partition coefficient (Wildman–Crippen LogP) is 1.16. The summed E-state index contributed by atoms with van der Waals surface area (Å²) in [5.41, 5.74) is -1.02. The van der Waals surface area contributed by atoms with Crippen LogP contribution in [0, 0.1) is 5.41 Å². The molecule has 2 saturated heterocycles. The summed E-state index contributed by atoms with van der Waals surface area (Å²) in [5, 5.41) is 13.3. The van der Waals surface area contributed by atoms with Gasteiger partial charge in [-0.05, 0) is 20.8 Å². The second-order valence-corrected chi connectivity index (χ2v) is 15.0. The summed E-state index contributed by atoms with van der Waals surface area (Å²) >= 11 is 17.0. The van der Waals surface area contributed by atoms with Gasteiger partial charge in [-0.1, -0.05) is 34.8 Å². The average Bonchev–Trinajstić information content (AvgIpc) is 2.98. The largest absolute Gasteiger partial charge is 0.463 e. The summed E-state index contributed by atoms with van der Waals surface area (Å²) in [6.07, 6.45) is -16.6. The third kappa shape index (κ3) is 14.3. The van der Waals surface area contributed by atoms with Crippen LogP contribution in [-0.2, 0) is 76.1 Å². The molecule has 0 spiro atoms. The number of aliphatic hydroxyl groups excluding tert-OH is 1. The summed E-state index contributed by atoms with van der Waals surface area (Å²) < 4.78 is 53.0. The van der Waals surface area contributed by atoms with Crippen LogP contribution >= 0.6 is 34.8 Å². The molecule has 10 atom stereocenters. The number of carbonyl (C=O) groups is 7. The van der Waals surface area contributed by atoms with E-state index < -0.39 is 132 Å². The minimum absolute atomic E-state index is 0.614. The van der Waals surface area contributed by atoms with E-state index in [2.05, 4.69) is 5.32 Å². The quantitative estimate of drug-likeness (QED) is 0.160. The van der Waals surface area contributed by atoms with E-state index in [1.807, 2.05) is 0 Å². The van der Waals surface area contributed by atoms with E-state index >= 15 is 0 Å².